The summed E-state index contributed by atoms with van der Waals surface area (Å²) in [6.45, 7) is 5.78. The predicted molar refractivity (Wildman–Crippen MR) is 125 cm³/mol. The summed E-state index contributed by atoms with van der Waals surface area (Å²) in [5.74, 6) is -1.49. The number of benzene rings is 2. The molecule has 0 saturated carbocycles. The molecule has 0 aliphatic rings. The number of aliphatic imine (C=N–C) groups is 1. The van der Waals surface area contributed by atoms with Gasteiger partial charge in [-0.2, -0.15) is 0 Å². The van der Waals surface area contributed by atoms with Gasteiger partial charge in [0.1, 0.15) is 6.04 Å². The molecule has 0 radical (unpaired) electrons. The van der Waals surface area contributed by atoms with Crippen molar-refractivity contribution in [3.63, 3.8) is 0 Å². The van der Waals surface area contributed by atoms with Crippen LogP contribution in [0.2, 0.25) is 0 Å². The number of ether oxygens (including phenoxy) is 1. The Kier molecular flexibility index (Phi) is 8.79. The van der Waals surface area contributed by atoms with Crippen molar-refractivity contribution in [1.82, 2.24) is 5.32 Å². The van der Waals surface area contributed by atoms with Crippen molar-refractivity contribution in [3.8, 4) is 0 Å². The number of nitrogens with one attached hydrogen (secondary N) is 2. The van der Waals surface area contributed by atoms with Crippen LogP contribution in [0.25, 0.3) is 0 Å². The first kappa shape index (κ1) is 25.2. The Morgan fingerprint density at radius 2 is 1.76 bits per heavy atom. The molecule has 0 aromatic heterocycles. The molecule has 0 spiro atoms. The normalized spacial score (nSPS) is 11.4. The maximum Gasteiger partial charge on any atom is 0.407 e. The lowest BCUT2D eigenvalue weighted by atomic mass is 10.1. The Balaban J connectivity index is 2.03. The largest absolute Gasteiger partial charge is 0.480 e. The molecule has 2 rings (SSSR count). The summed E-state index contributed by atoms with van der Waals surface area (Å²) in [5.41, 5.74) is 13.7. The third kappa shape index (κ3) is 8.52. The molecular formula is C23H29N5O5. The first-order chi connectivity index (χ1) is 15.5. The van der Waals surface area contributed by atoms with Gasteiger partial charge in [-0.05, 0) is 54.3 Å². The molecule has 33 heavy (non-hydrogen) atoms. The molecule has 0 heterocycles. The molecule has 0 fully saturated rings. The standard InChI is InChI=1S/C23H29N5O5/c1-13(2)12-33-23(32)28-19(21(30)31)10-15-4-6-17(7-5-15)26-20(29)16-8-14(3)9-18(11-16)27-22(24)25/h4-9,11,13,19H,10,12H2,1-3H3,(H,26,29)(H,28,32)(H,30,31)(H4,24,25,27). The van der Waals surface area contributed by atoms with Crippen LogP contribution in [0.15, 0.2) is 47.5 Å². The van der Waals surface area contributed by atoms with Gasteiger partial charge < -0.3 is 31.9 Å². The summed E-state index contributed by atoms with van der Waals surface area (Å²) < 4.78 is 4.98. The van der Waals surface area contributed by atoms with E-state index in [0.29, 0.717) is 22.5 Å². The molecule has 2 amide bonds. The number of amides is 2. The van der Waals surface area contributed by atoms with Crippen molar-refractivity contribution < 1.29 is 24.2 Å². The number of aliphatic carboxylic acids is 1. The Morgan fingerprint density at radius 3 is 2.33 bits per heavy atom. The van der Waals surface area contributed by atoms with E-state index in [2.05, 4.69) is 15.6 Å². The smallest absolute Gasteiger partial charge is 0.407 e. The Morgan fingerprint density at radius 1 is 1.09 bits per heavy atom. The highest BCUT2D eigenvalue weighted by atomic mass is 16.5. The third-order valence-corrected chi connectivity index (χ3v) is 4.37. The SMILES string of the molecule is Cc1cc(N=C(N)N)cc(C(=O)Nc2ccc(CC(NC(=O)OCC(C)C)C(=O)O)cc2)c1. The lowest BCUT2D eigenvalue weighted by Crippen LogP contribution is -2.42. The highest BCUT2D eigenvalue weighted by Crippen LogP contribution is 2.19. The van der Waals surface area contributed by atoms with Crippen LogP contribution in [0, 0.1) is 12.8 Å². The van der Waals surface area contributed by atoms with E-state index in [9.17, 15) is 19.5 Å². The average Bonchev–Trinajstić information content (AvgIpc) is 2.72. The number of hydrogen-bond acceptors (Lipinski definition) is 5. The van der Waals surface area contributed by atoms with Gasteiger partial charge >= 0.3 is 12.1 Å². The van der Waals surface area contributed by atoms with E-state index in [1.807, 2.05) is 20.8 Å². The fourth-order valence-corrected chi connectivity index (χ4v) is 2.90. The number of aryl methyl sites for hydroxylation is 1. The minimum absolute atomic E-state index is 0.0556. The Bertz CT molecular complexity index is 1030. The minimum atomic E-state index is -1.18. The number of nitrogens with zero attached hydrogens (tertiary/aromatic N) is 1. The predicted octanol–water partition coefficient (Wildman–Crippen LogP) is 2.53. The molecule has 2 aromatic rings. The monoisotopic (exact) mass is 455 g/mol. The molecule has 0 bridgehead atoms. The highest BCUT2D eigenvalue weighted by molar-refractivity contribution is 6.05. The molecule has 0 saturated heterocycles. The molecule has 1 unspecified atom stereocenters. The summed E-state index contributed by atoms with van der Waals surface area (Å²) in [6.07, 6.45) is -0.724. The summed E-state index contributed by atoms with van der Waals surface area (Å²) >= 11 is 0. The highest BCUT2D eigenvalue weighted by Gasteiger charge is 2.21. The number of anilines is 1. The number of hydrogen-bond donors (Lipinski definition) is 5. The van der Waals surface area contributed by atoms with E-state index in [4.69, 9.17) is 16.2 Å². The van der Waals surface area contributed by atoms with Crippen molar-refractivity contribution in [1.29, 1.82) is 0 Å². The number of guanidine groups is 1. The van der Waals surface area contributed by atoms with Crippen LogP contribution in [-0.4, -0.2) is 41.7 Å². The van der Waals surface area contributed by atoms with E-state index in [1.165, 1.54) is 0 Å². The molecular weight excluding hydrogens is 426 g/mol. The van der Waals surface area contributed by atoms with Crippen molar-refractivity contribution in [2.24, 2.45) is 22.4 Å². The maximum absolute atomic E-state index is 12.6. The van der Waals surface area contributed by atoms with Crippen molar-refractivity contribution >= 4 is 35.3 Å². The van der Waals surface area contributed by atoms with Gasteiger partial charge in [0.25, 0.3) is 5.91 Å². The number of nitrogens with two attached hydrogens (primary N) is 2. The van der Waals surface area contributed by atoms with Gasteiger partial charge in [0.05, 0.1) is 12.3 Å². The molecule has 10 nitrogen and oxygen atoms in total. The van der Waals surface area contributed by atoms with Crippen LogP contribution >= 0.6 is 0 Å². The molecule has 0 aliphatic heterocycles. The fourth-order valence-electron chi connectivity index (χ4n) is 2.90. The van der Waals surface area contributed by atoms with Gasteiger partial charge in [0.15, 0.2) is 5.96 Å². The quantitative estimate of drug-likeness (QED) is 0.286. The summed E-state index contributed by atoms with van der Waals surface area (Å²) in [4.78, 5) is 39.9. The fraction of sp³-hybridized carbons (Fsp3) is 0.304. The van der Waals surface area contributed by atoms with E-state index < -0.39 is 18.1 Å². The molecule has 1 atom stereocenters. The van der Waals surface area contributed by atoms with Gasteiger partial charge in [-0.25, -0.2) is 14.6 Å². The molecule has 2 aromatic carbocycles. The van der Waals surface area contributed by atoms with Crippen LogP contribution in [0.1, 0.15) is 35.3 Å². The summed E-state index contributed by atoms with van der Waals surface area (Å²) in [5, 5.41) is 14.5. The van der Waals surface area contributed by atoms with Gasteiger partial charge in [-0.3, -0.25) is 4.79 Å². The van der Waals surface area contributed by atoms with E-state index in [-0.39, 0.29) is 30.8 Å². The molecule has 10 heteroatoms. The summed E-state index contributed by atoms with van der Waals surface area (Å²) in [6, 6.07) is 10.5. The second-order valence-electron chi connectivity index (χ2n) is 7.98. The second kappa shape index (κ2) is 11.5. The first-order valence-electron chi connectivity index (χ1n) is 10.3. The van der Waals surface area contributed by atoms with E-state index >= 15 is 0 Å². The second-order valence-corrected chi connectivity index (χ2v) is 7.98. The van der Waals surface area contributed by atoms with Crippen LogP contribution in [0.3, 0.4) is 0 Å². The maximum atomic E-state index is 12.6. The van der Waals surface area contributed by atoms with E-state index in [1.54, 1.807) is 42.5 Å². The molecule has 176 valence electrons. The van der Waals surface area contributed by atoms with Crippen LogP contribution in [0.5, 0.6) is 0 Å². The minimum Gasteiger partial charge on any atom is -0.480 e. The van der Waals surface area contributed by atoms with Gasteiger partial charge in [0, 0.05) is 17.7 Å². The topological polar surface area (TPSA) is 169 Å². The van der Waals surface area contributed by atoms with E-state index in [0.717, 1.165) is 5.56 Å². The summed E-state index contributed by atoms with van der Waals surface area (Å²) in [7, 11) is 0. The lowest BCUT2D eigenvalue weighted by Gasteiger charge is -2.16. The van der Waals surface area contributed by atoms with Gasteiger partial charge in [-0.1, -0.05) is 26.0 Å². The van der Waals surface area contributed by atoms with Gasteiger partial charge in [-0.15, -0.1) is 0 Å². The zero-order chi connectivity index (χ0) is 24.5. The van der Waals surface area contributed by atoms with Crippen molar-refractivity contribution in [2.75, 3.05) is 11.9 Å². The number of carbonyl (C=O) groups is 3. The lowest BCUT2D eigenvalue weighted by molar-refractivity contribution is -0.139. The Labute approximate surface area is 192 Å². The first-order valence-corrected chi connectivity index (χ1v) is 10.3. The van der Waals surface area contributed by atoms with Crippen molar-refractivity contribution in [3.05, 3.63) is 59.2 Å². The third-order valence-electron chi connectivity index (χ3n) is 4.37. The van der Waals surface area contributed by atoms with Crippen molar-refractivity contribution in [2.45, 2.75) is 33.2 Å². The zero-order valence-corrected chi connectivity index (χ0v) is 18.8. The number of carboxylic acid groups (broad SMARTS) is 1. The number of carbonyl (C=O) groups excluding carboxylic acids is 2. The van der Waals surface area contributed by atoms with Crippen LogP contribution < -0.4 is 22.1 Å². The number of rotatable bonds is 9. The van der Waals surface area contributed by atoms with Crippen LogP contribution in [0.4, 0.5) is 16.2 Å². The van der Waals surface area contributed by atoms with Crippen LogP contribution in [-0.2, 0) is 16.0 Å². The van der Waals surface area contributed by atoms with Gasteiger partial charge in [0.2, 0.25) is 0 Å². The molecule has 0 aliphatic carbocycles. The zero-order valence-electron chi connectivity index (χ0n) is 18.8. The molecule has 7 N–H and O–H groups in total. The number of carboxylic acids is 1. The number of alkyl carbamates (subject to hydrolysis) is 1. The Hall–Kier alpha value is -4.08. The average molecular weight is 456 g/mol.